The molecule has 0 radical (unpaired) electrons. The zero-order chi connectivity index (χ0) is 21.3. The van der Waals surface area contributed by atoms with E-state index in [0.29, 0.717) is 28.6 Å². The summed E-state index contributed by atoms with van der Waals surface area (Å²) in [6.45, 7) is 7.61. The molecule has 29 heavy (non-hydrogen) atoms. The summed E-state index contributed by atoms with van der Waals surface area (Å²) in [4.78, 5) is 23.0. The molecule has 0 saturated heterocycles. The Morgan fingerprint density at radius 2 is 1.86 bits per heavy atom. The number of hydrogen-bond acceptors (Lipinski definition) is 7. The SMILES string of the molecule is CC(CCc1c(O)[nH]c2nc(N)nc(N)c12)c1ccc(C(=O)OC(C)(C)C)cc1. The molecule has 0 fully saturated rings. The number of esters is 1. The summed E-state index contributed by atoms with van der Waals surface area (Å²) in [7, 11) is 0. The quantitative estimate of drug-likeness (QED) is 0.483. The van der Waals surface area contributed by atoms with E-state index in [9.17, 15) is 9.90 Å². The van der Waals surface area contributed by atoms with Crippen molar-refractivity contribution >= 4 is 28.8 Å². The first-order valence-corrected chi connectivity index (χ1v) is 9.51. The molecule has 2 aromatic heterocycles. The standard InChI is InChI=1S/C21H27N5O3/c1-11(12-6-8-13(9-7-12)19(28)29-21(2,3)4)5-10-14-15-16(22)24-20(23)26-17(15)25-18(14)27/h6-9,11,27H,5,10H2,1-4H3,(H5,22,23,24,25,26). The average Bonchev–Trinajstić information content (AvgIpc) is 2.93. The number of hydrogen-bond donors (Lipinski definition) is 4. The molecule has 3 rings (SSSR count). The number of fused-ring (bicyclic) bond motifs is 1. The van der Waals surface area contributed by atoms with Crippen molar-refractivity contribution in [2.75, 3.05) is 11.5 Å². The number of H-pyrrole nitrogens is 1. The minimum absolute atomic E-state index is 0.0269. The molecule has 0 bridgehead atoms. The van der Waals surface area contributed by atoms with E-state index in [1.807, 2.05) is 32.9 Å². The number of nitrogens with two attached hydrogens (primary N) is 2. The van der Waals surface area contributed by atoms with Crippen LogP contribution in [0.5, 0.6) is 5.88 Å². The lowest BCUT2D eigenvalue weighted by Crippen LogP contribution is -2.23. The number of rotatable bonds is 5. The van der Waals surface area contributed by atoms with Gasteiger partial charge in [0.25, 0.3) is 0 Å². The number of aromatic nitrogens is 3. The van der Waals surface area contributed by atoms with Gasteiger partial charge in [-0.25, -0.2) is 4.79 Å². The predicted octanol–water partition coefficient (Wildman–Crippen LogP) is 3.52. The van der Waals surface area contributed by atoms with Crippen molar-refractivity contribution in [1.29, 1.82) is 0 Å². The third-order valence-corrected chi connectivity index (χ3v) is 4.72. The fraction of sp³-hybridized carbons (Fsp3) is 0.381. The monoisotopic (exact) mass is 397 g/mol. The Hall–Kier alpha value is -3.29. The summed E-state index contributed by atoms with van der Waals surface area (Å²) in [5.41, 5.74) is 13.8. The second kappa shape index (κ2) is 7.62. The Bertz CT molecular complexity index is 1040. The van der Waals surface area contributed by atoms with Crippen LogP contribution in [0.15, 0.2) is 24.3 Å². The number of aromatic amines is 1. The Morgan fingerprint density at radius 3 is 2.48 bits per heavy atom. The van der Waals surface area contributed by atoms with E-state index in [0.717, 1.165) is 12.0 Å². The molecule has 8 heteroatoms. The summed E-state index contributed by atoms with van der Waals surface area (Å²) in [5, 5.41) is 10.9. The maximum Gasteiger partial charge on any atom is 0.338 e. The van der Waals surface area contributed by atoms with Crippen molar-refractivity contribution < 1.29 is 14.6 Å². The van der Waals surface area contributed by atoms with Crippen molar-refractivity contribution in [3.8, 4) is 5.88 Å². The molecule has 3 aromatic rings. The van der Waals surface area contributed by atoms with Gasteiger partial charge < -0.3 is 26.3 Å². The van der Waals surface area contributed by atoms with Crippen LogP contribution in [0.3, 0.4) is 0 Å². The molecule has 0 amide bonds. The molecular weight excluding hydrogens is 370 g/mol. The molecule has 2 heterocycles. The van der Waals surface area contributed by atoms with Crippen molar-refractivity contribution in [3.05, 3.63) is 41.0 Å². The number of benzene rings is 1. The summed E-state index contributed by atoms with van der Waals surface area (Å²) in [6, 6.07) is 7.41. The minimum atomic E-state index is -0.527. The van der Waals surface area contributed by atoms with E-state index in [-0.39, 0.29) is 29.5 Å². The van der Waals surface area contributed by atoms with Crippen molar-refractivity contribution in [2.24, 2.45) is 0 Å². The van der Waals surface area contributed by atoms with Crippen LogP contribution in [0.4, 0.5) is 11.8 Å². The molecule has 1 aromatic carbocycles. The van der Waals surface area contributed by atoms with Crippen LogP contribution in [0.25, 0.3) is 11.0 Å². The van der Waals surface area contributed by atoms with E-state index in [4.69, 9.17) is 16.2 Å². The second-order valence-corrected chi connectivity index (χ2v) is 8.21. The van der Waals surface area contributed by atoms with Crippen LogP contribution in [-0.4, -0.2) is 31.6 Å². The van der Waals surface area contributed by atoms with Gasteiger partial charge in [0.1, 0.15) is 17.1 Å². The smallest absolute Gasteiger partial charge is 0.338 e. The highest BCUT2D eigenvalue weighted by atomic mass is 16.6. The van der Waals surface area contributed by atoms with Crippen molar-refractivity contribution in [1.82, 2.24) is 15.0 Å². The van der Waals surface area contributed by atoms with E-state index in [1.54, 1.807) is 12.1 Å². The Balaban J connectivity index is 1.72. The summed E-state index contributed by atoms with van der Waals surface area (Å²) in [5.74, 6) is 0.187. The van der Waals surface area contributed by atoms with Crippen LogP contribution in [0, 0.1) is 0 Å². The zero-order valence-corrected chi connectivity index (χ0v) is 17.1. The number of aryl methyl sites for hydroxylation is 1. The first-order chi connectivity index (χ1) is 13.5. The third kappa shape index (κ3) is 4.59. The zero-order valence-electron chi connectivity index (χ0n) is 17.1. The topological polar surface area (TPSA) is 140 Å². The van der Waals surface area contributed by atoms with Crippen molar-refractivity contribution in [3.63, 3.8) is 0 Å². The highest BCUT2D eigenvalue weighted by Gasteiger charge is 2.19. The van der Waals surface area contributed by atoms with Gasteiger partial charge in [0.2, 0.25) is 5.95 Å². The van der Waals surface area contributed by atoms with Gasteiger partial charge in [-0.05, 0) is 57.2 Å². The largest absolute Gasteiger partial charge is 0.494 e. The van der Waals surface area contributed by atoms with E-state index in [2.05, 4.69) is 21.9 Å². The molecular formula is C21H27N5O3. The Labute approximate surface area is 169 Å². The fourth-order valence-electron chi connectivity index (χ4n) is 3.25. The summed E-state index contributed by atoms with van der Waals surface area (Å²) in [6.07, 6.45) is 1.34. The van der Waals surface area contributed by atoms with E-state index < -0.39 is 5.60 Å². The predicted molar refractivity (Wildman–Crippen MR) is 113 cm³/mol. The van der Waals surface area contributed by atoms with Crippen LogP contribution in [0.2, 0.25) is 0 Å². The molecule has 1 unspecified atom stereocenters. The number of anilines is 2. The van der Waals surface area contributed by atoms with Gasteiger partial charge in [0.05, 0.1) is 10.9 Å². The molecule has 0 spiro atoms. The molecule has 0 aliphatic rings. The first-order valence-electron chi connectivity index (χ1n) is 9.51. The molecule has 0 aliphatic carbocycles. The Morgan fingerprint density at radius 1 is 1.21 bits per heavy atom. The van der Waals surface area contributed by atoms with Gasteiger partial charge in [-0.3, -0.25) is 0 Å². The number of nitrogens with zero attached hydrogens (tertiary/aromatic N) is 2. The molecule has 154 valence electrons. The molecule has 6 N–H and O–H groups in total. The number of carbonyl (C=O) groups is 1. The molecule has 0 saturated carbocycles. The average molecular weight is 397 g/mol. The van der Waals surface area contributed by atoms with Crippen molar-refractivity contribution in [2.45, 2.75) is 52.1 Å². The minimum Gasteiger partial charge on any atom is -0.494 e. The van der Waals surface area contributed by atoms with Gasteiger partial charge >= 0.3 is 5.97 Å². The van der Waals surface area contributed by atoms with Crippen LogP contribution in [-0.2, 0) is 11.2 Å². The lowest BCUT2D eigenvalue weighted by Gasteiger charge is -2.19. The van der Waals surface area contributed by atoms with E-state index >= 15 is 0 Å². The lowest BCUT2D eigenvalue weighted by atomic mass is 9.93. The normalized spacial score (nSPS) is 12.8. The van der Waals surface area contributed by atoms with E-state index in [1.165, 1.54) is 0 Å². The maximum absolute atomic E-state index is 12.2. The molecule has 1 atom stereocenters. The summed E-state index contributed by atoms with van der Waals surface area (Å²) < 4.78 is 5.39. The van der Waals surface area contributed by atoms with Gasteiger partial charge in [-0.1, -0.05) is 19.1 Å². The highest BCUT2D eigenvalue weighted by Crippen LogP contribution is 2.33. The van der Waals surface area contributed by atoms with Gasteiger partial charge in [0, 0.05) is 5.56 Å². The lowest BCUT2D eigenvalue weighted by molar-refractivity contribution is 0.00695. The fourth-order valence-corrected chi connectivity index (χ4v) is 3.25. The van der Waals surface area contributed by atoms with Crippen LogP contribution < -0.4 is 11.5 Å². The third-order valence-electron chi connectivity index (χ3n) is 4.72. The first kappa shape index (κ1) is 20.4. The van der Waals surface area contributed by atoms with Crippen LogP contribution >= 0.6 is 0 Å². The second-order valence-electron chi connectivity index (χ2n) is 8.21. The summed E-state index contributed by atoms with van der Waals surface area (Å²) >= 11 is 0. The Kier molecular flexibility index (Phi) is 5.37. The number of aromatic hydroxyl groups is 1. The highest BCUT2D eigenvalue weighted by molar-refractivity contribution is 5.92. The number of carbonyl (C=O) groups excluding carboxylic acids is 1. The van der Waals surface area contributed by atoms with Gasteiger partial charge in [-0.15, -0.1) is 0 Å². The van der Waals surface area contributed by atoms with Gasteiger partial charge in [-0.2, -0.15) is 9.97 Å². The number of ether oxygens (including phenoxy) is 1. The van der Waals surface area contributed by atoms with Crippen LogP contribution in [0.1, 0.15) is 61.5 Å². The molecule has 8 nitrogen and oxygen atoms in total. The number of nitrogen functional groups attached to an aromatic ring is 2. The maximum atomic E-state index is 12.2. The molecule has 0 aliphatic heterocycles. The number of nitrogens with one attached hydrogen (secondary N) is 1. The van der Waals surface area contributed by atoms with Gasteiger partial charge in [0.15, 0.2) is 5.88 Å².